The quantitative estimate of drug-likeness (QED) is 0.883. The van der Waals surface area contributed by atoms with Crippen LogP contribution in [-0.4, -0.2) is 6.54 Å². The van der Waals surface area contributed by atoms with E-state index < -0.39 is 0 Å². The average Bonchev–Trinajstić information content (AvgIpc) is 2.90. The van der Waals surface area contributed by atoms with Gasteiger partial charge in [-0.15, -0.1) is 0 Å². The van der Waals surface area contributed by atoms with Crippen molar-refractivity contribution in [3.63, 3.8) is 0 Å². The number of benzene rings is 1. The predicted molar refractivity (Wildman–Crippen MR) is 68.2 cm³/mol. The van der Waals surface area contributed by atoms with E-state index in [9.17, 15) is 0 Å². The van der Waals surface area contributed by atoms with Crippen LogP contribution in [0.15, 0.2) is 22.7 Å². The smallest absolute Gasteiger partial charge is 0.0551 e. The van der Waals surface area contributed by atoms with Crippen molar-refractivity contribution in [2.75, 3.05) is 6.54 Å². The van der Waals surface area contributed by atoms with Gasteiger partial charge in [-0.05, 0) is 51.9 Å². The molecule has 0 unspecified atom stereocenters. The van der Waals surface area contributed by atoms with Crippen molar-refractivity contribution in [2.24, 2.45) is 5.41 Å². The molecule has 1 nitrogen and oxygen atoms in total. The Labute approximate surface area is 104 Å². The second-order valence-corrected chi connectivity index (χ2v) is 5.92. The minimum atomic E-state index is 0.569. The first kappa shape index (κ1) is 11.4. The summed E-state index contributed by atoms with van der Waals surface area (Å²) in [5, 5.41) is 4.26. The van der Waals surface area contributed by atoms with Crippen molar-refractivity contribution >= 4 is 27.5 Å². The summed E-state index contributed by atoms with van der Waals surface area (Å²) in [6, 6.07) is 6.10. The molecule has 1 aliphatic carbocycles. The molecule has 0 heterocycles. The summed E-state index contributed by atoms with van der Waals surface area (Å²) in [6.07, 6.45) is 2.72. The summed E-state index contributed by atoms with van der Waals surface area (Å²) in [7, 11) is 0. The average molecular weight is 289 g/mol. The van der Waals surface area contributed by atoms with E-state index in [1.807, 2.05) is 12.1 Å². The Bertz CT molecular complexity index is 361. The molecule has 0 aromatic heterocycles. The molecule has 1 saturated carbocycles. The number of halogens is 2. The van der Waals surface area contributed by atoms with Crippen LogP contribution in [0.3, 0.4) is 0 Å². The van der Waals surface area contributed by atoms with Crippen molar-refractivity contribution in [1.82, 2.24) is 5.32 Å². The van der Waals surface area contributed by atoms with Gasteiger partial charge in [-0.25, -0.2) is 0 Å². The topological polar surface area (TPSA) is 12.0 Å². The number of hydrogen-bond donors (Lipinski definition) is 1. The van der Waals surface area contributed by atoms with E-state index in [0.717, 1.165) is 22.6 Å². The Morgan fingerprint density at radius 1 is 1.47 bits per heavy atom. The lowest BCUT2D eigenvalue weighted by Crippen LogP contribution is -2.21. The zero-order chi connectivity index (χ0) is 10.9. The third-order valence-electron chi connectivity index (χ3n) is 2.97. The van der Waals surface area contributed by atoms with Crippen LogP contribution in [0.25, 0.3) is 0 Å². The molecule has 82 valence electrons. The van der Waals surface area contributed by atoms with Crippen LogP contribution in [0.4, 0.5) is 0 Å². The highest BCUT2D eigenvalue weighted by Crippen LogP contribution is 2.44. The van der Waals surface area contributed by atoms with Gasteiger partial charge in [-0.3, -0.25) is 0 Å². The summed E-state index contributed by atoms with van der Waals surface area (Å²) in [4.78, 5) is 0. The van der Waals surface area contributed by atoms with Crippen LogP contribution in [0, 0.1) is 5.41 Å². The highest BCUT2D eigenvalue weighted by Gasteiger charge is 2.36. The van der Waals surface area contributed by atoms with Gasteiger partial charge in [0.15, 0.2) is 0 Å². The summed E-state index contributed by atoms with van der Waals surface area (Å²) >= 11 is 9.41. The third kappa shape index (κ3) is 3.20. The third-order valence-corrected chi connectivity index (χ3v) is 4.20. The maximum atomic E-state index is 6.02. The van der Waals surface area contributed by atoms with E-state index in [4.69, 9.17) is 11.6 Å². The Morgan fingerprint density at radius 2 is 2.20 bits per heavy atom. The van der Waals surface area contributed by atoms with Gasteiger partial charge in [0.2, 0.25) is 0 Å². The lowest BCUT2D eigenvalue weighted by atomic mass is 10.1. The molecule has 0 atom stereocenters. The normalized spacial score (nSPS) is 17.8. The Morgan fingerprint density at radius 3 is 2.80 bits per heavy atom. The molecular formula is C12H15BrClN. The maximum absolute atomic E-state index is 6.02. The molecule has 1 N–H and O–H groups in total. The highest BCUT2D eigenvalue weighted by molar-refractivity contribution is 9.10. The van der Waals surface area contributed by atoms with Crippen molar-refractivity contribution in [3.8, 4) is 0 Å². The SMILES string of the molecule is CC1(CNCc2ccc(Br)c(Cl)c2)CC1. The fraction of sp³-hybridized carbons (Fsp3) is 0.500. The van der Waals surface area contributed by atoms with E-state index in [1.54, 1.807) is 0 Å². The highest BCUT2D eigenvalue weighted by atomic mass is 79.9. The van der Waals surface area contributed by atoms with E-state index >= 15 is 0 Å². The summed E-state index contributed by atoms with van der Waals surface area (Å²) in [6.45, 7) is 4.35. The van der Waals surface area contributed by atoms with Gasteiger partial charge in [0.1, 0.15) is 0 Å². The minimum absolute atomic E-state index is 0.569. The van der Waals surface area contributed by atoms with Crippen molar-refractivity contribution in [1.29, 1.82) is 0 Å². The second-order valence-electron chi connectivity index (χ2n) is 4.66. The van der Waals surface area contributed by atoms with Crippen LogP contribution >= 0.6 is 27.5 Å². The Kier molecular flexibility index (Phi) is 3.39. The fourth-order valence-corrected chi connectivity index (χ4v) is 2.00. The first-order valence-corrected chi connectivity index (χ1v) is 6.41. The molecule has 1 aliphatic rings. The van der Waals surface area contributed by atoms with Gasteiger partial charge in [-0.2, -0.15) is 0 Å². The van der Waals surface area contributed by atoms with E-state index in [1.165, 1.54) is 18.4 Å². The van der Waals surface area contributed by atoms with Crippen molar-refractivity contribution in [2.45, 2.75) is 26.3 Å². The minimum Gasteiger partial charge on any atom is -0.312 e. The van der Waals surface area contributed by atoms with Gasteiger partial charge < -0.3 is 5.32 Å². The number of hydrogen-bond acceptors (Lipinski definition) is 1. The molecule has 2 rings (SSSR count). The van der Waals surface area contributed by atoms with E-state index in [2.05, 4.69) is 34.2 Å². The van der Waals surface area contributed by atoms with Crippen LogP contribution in [0.5, 0.6) is 0 Å². The molecule has 0 bridgehead atoms. The molecule has 0 aliphatic heterocycles. The molecule has 3 heteroatoms. The number of nitrogens with one attached hydrogen (secondary N) is 1. The van der Waals surface area contributed by atoms with Crippen LogP contribution in [0.1, 0.15) is 25.3 Å². The standard InChI is InChI=1S/C12H15BrClN/c1-12(4-5-12)8-15-7-9-2-3-10(13)11(14)6-9/h2-3,6,15H,4-5,7-8H2,1H3. The maximum Gasteiger partial charge on any atom is 0.0551 e. The van der Waals surface area contributed by atoms with Crippen molar-refractivity contribution < 1.29 is 0 Å². The van der Waals surface area contributed by atoms with Gasteiger partial charge in [0.05, 0.1) is 5.02 Å². The van der Waals surface area contributed by atoms with E-state index in [-0.39, 0.29) is 0 Å². The molecule has 15 heavy (non-hydrogen) atoms. The van der Waals surface area contributed by atoms with Crippen molar-refractivity contribution in [3.05, 3.63) is 33.3 Å². The van der Waals surface area contributed by atoms with E-state index in [0.29, 0.717) is 5.41 Å². The van der Waals surface area contributed by atoms with Crippen LogP contribution < -0.4 is 5.32 Å². The molecule has 1 aromatic rings. The zero-order valence-electron chi connectivity index (χ0n) is 8.82. The predicted octanol–water partition coefficient (Wildman–Crippen LogP) is 3.99. The molecule has 0 radical (unpaired) electrons. The molecule has 0 saturated heterocycles. The molecule has 0 spiro atoms. The van der Waals surface area contributed by atoms with Gasteiger partial charge >= 0.3 is 0 Å². The monoisotopic (exact) mass is 287 g/mol. The summed E-state index contributed by atoms with van der Waals surface area (Å²) in [5.41, 5.74) is 1.81. The lowest BCUT2D eigenvalue weighted by molar-refractivity contribution is 0.499. The lowest BCUT2D eigenvalue weighted by Gasteiger charge is -2.10. The van der Waals surface area contributed by atoms with Gasteiger partial charge in [0.25, 0.3) is 0 Å². The first-order chi connectivity index (χ1) is 7.09. The molecule has 1 aromatic carbocycles. The summed E-state index contributed by atoms with van der Waals surface area (Å²) in [5.74, 6) is 0. The Balaban J connectivity index is 1.85. The van der Waals surface area contributed by atoms with Gasteiger partial charge in [-0.1, -0.05) is 24.6 Å². The fourth-order valence-electron chi connectivity index (χ4n) is 1.55. The molecular weight excluding hydrogens is 273 g/mol. The first-order valence-electron chi connectivity index (χ1n) is 5.24. The number of rotatable bonds is 4. The van der Waals surface area contributed by atoms with Crippen LogP contribution in [-0.2, 0) is 6.54 Å². The summed E-state index contributed by atoms with van der Waals surface area (Å²) < 4.78 is 0.960. The van der Waals surface area contributed by atoms with Gasteiger partial charge in [0, 0.05) is 17.6 Å². The largest absolute Gasteiger partial charge is 0.312 e. The van der Waals surface area contributed by atoms with Crippen LogP contribution in [0.2, 0.25) is 5.02 Å². The Hall–Kier alpha value is -0.0500. The second kappa shape index (κ2) is 4.44. The molecule has 0 amide bonds. The molecule has 1 fully saturated rings. The zero-order valence-corrected chi connectivity index (χ0v) is 11.2.